The number of carbonyl (C=O) groups excluding carboxylic acids is 5. The maximum Gasteiger partial charge on any atom is 0.329 e. The van der Waals surface area contributed by atoms with Gasteiger partial charge in [-0.25, -0.2) is 4.79 Å². The molecule has 1 saturated heterocycles. The highest BCUT2D eigenvalue weighted by Gasteiger charge is 2.44. The molecule has 1 aliphatic rings. The second-order valence-corrected chi connectivity index (χ2v) is 19.5. The summed E-state index contributed by atoms with van der Waals surface area (Å²) in [7, 11) is 6.54. The highest BCUT2D eigenvalue weighted by molar-refractivity contribution is 5.91. The Bertz CT molecular complexity index is 2150. The number of carbonyl (C=O) groups is 6. The van der Waals surface area contributed by atoms with Gasteiger partial charge >= 0.3 is 11.9 Å². The summed E-state index contributed by atoms with van der Waals surface area (Å²) >= 11 is 0. The van der Waals surface area contributed by atoms with Crippen LogP contribution in [0.5, 0.6) is 0 Å². The minimum absolute atomic E-state index is 0.0135. The zero-order valence-electron chi connectivity index (χ0n) is 42.8. The minimum atomic E-state index is -0.993. The van der Waals surface area contributed by atoms with E-state index < -0.39 is 66.2 Å². The molecule has 4 amide bonds. The first-order chi connectivity index (χ1) is 32.8. The fraction of sp³-hybridized carbons (Fsp3) is 0.593. The predicted molar refractivity (Wildman–Crippen MR) is 267 cm³/mol. The molecule has 0 aromatic heterocycles. The molecule has 0 unspecified atom stereocenters. The summed E-state index contributed by atoms with van der Waals surface area (Å²) < 4.78 is 18.0. The molecule has 69 heavy (non-hydrogen) atoms. The molecule has 4 rings (SSSR count). The lowest BCUT2D eigenvalue weighted by Gasteiger charge is -2.41. The quantitative estimate of drug-likeness (QED) is 0.0710. The number of carboxylic acid groups (broad SMARTS) is 1. The Hall–Kier alpha value is -5.38. The summed E-state index contributed by atoms with van der Waals surface area (Å²) in [6.07, 6.45) is 1.07. The van der Waals surface area contributed by atoms with E-state index in [0.717, 1.165) is 21.9 Å². The zero-order valence-corrected chi connectivity index (χ0v) is 42.8. The number of nitrogens with one attached hydrogen (secondary N) is 2. The average Bonchev–Trinajstić information content (AvgIpc) is 3.81. The van der Waals surface area contributed by atoms with E-state index in [-0.39, 0.29) is 61.3 Å². The normalized spacial score (nSPS) is 17.4. The number of hydrogen-bond donors (Lipinski definition) is 3. The molecule has 3 aromatic carbocycles. The molecule has 1 fully saturated rings. The number of likely N-dealkylation sites (tertiary alicyclic amines) is 1. The molecule has 3 aromatic rings. The monoisotopic (exact) mass is 958 g/mol. The summed E-state index contributed by atoms with van der Waals surface area (Å²) in [5.41, 5.74) is 1.70. The fourth-order valence-electron chi connectivity index (χ4n) is 9.92. The van der Waals surface area contributed by atoms with Crippen LogP contribution in [0.4, 0.5) is 0 Å². The summed E-state index contributed by atoms with van der Waals surface area (Å²) in [4.78, 5) is 87.4. The maximum absolute atomic E-state index is 14.5. The van der Waals surface area contributed by atoms with Crippen LogP contribution >= 0.6 is 0 Å². The van der Waals surface area contributed by atoms with Crippen LogP contribution in [-0.4, -0.2) is 139 Å². The Kier molecular flexibility index (Phi) is 22.1. The average molecular weight is 958 g/mol. The van der Waals surface area contributed by atoms with Gasteiger partial charge in [-0.2, -0.15) is 0 Å². The summed E-state index contributed by atoms with van der Waals surface area (Å²) in [6, 6.07) is 19.7. The molecule has 15 nitrogen and oxygen atoms in total. The number of nitrogens with zero attached hydrogens (tertiary/aromatic N) is 3. The van der Waals surface area contributed by atoms with Gasteiger partial charge in [-0.1, -0.05) is 128 Å². The third kappa shape index (κ3) is 15.3. The maximum atomic E-state index is 14.5. The van der Waals surface area contributed by atoms with E-state index in [0.29, 0.717) is 38.8 Å². The van der Waals surface area contributed by atoms with Crippen LogP contribution in [0.15, 0.2) is 72.8 Å². The topological polar surface area (TPSA) is 184 Å². The Morgan fingerprint density at radius 3 is 2.12 bits per heavy atom. The number of fused-ring (bicyclic) bond motifs is 1. The largest absolute Gasteiger partial charge is 0.481 e. The smallest absolute Gasteiger partial charge is 0.329 e. The lowest BCUT2D eigenvalue weighted by atomic mass is 9.89. The Labute approximate surface area is 410 Å². The van der Waals surface area contributed by atoms with Gasteiger partial charge in [0.1, 0.15) is 18.7 Å². The van der Waals surface area contributed by atoms with Gasteiger partial charge in [-0.05, 0) is 72.5 Å². The molecular formula is C54H79N5O10. The molecule has 3 N–H and O–H groups in total. The van der Waals surface area contributed by atoms with E-state index in [9.17, 15) is 28.8 Å². The lowest BCUT2D eigenvalue weighted by Crippen LogP contribution is -2.60. The van der Waals surface area contributed by atoms with Crippen molar-refractivity contribution in [2.24, 2.45) is 23.7 Å². The third-order valence-electron chi connectivity index (χ3n) is 13.9. The highest BCUT2D eigenvalue weighted by atomic mass is 16.5. The van der Waals surface area contributed by atoms with Crippen LogP contribution in [0.1, 0.15) is 98.1 Å². The van der Waals surface area contributed by atoms with E-state index in [1.165, 1.54) is 14.2 Å². The van der Waals surface area contributed by atoms with Crippen LogP contribution in [0.2, 0.25) is 0 Å². The van der Waals surface area contributed by atoms with Crippen LogP contribution in [0.25, 0.3) is 10.8 Å². The van der Waals surface area contributed by atoms with E-state index in [1.54, 1.807) is 30.8 Å². The number of likely N-dealkylation sites (N-methyl/N-ethyl adjacent to an activating group) is 2. The van der Waals surface area contributed by atoms with Gasteiger partial charge in [0.25, 0.3) is 0 Å². The van der Waals surface area contributed by atoms with Gasteiger partial charge in [0.2, 0.25) is 23.6 Å². The first kappa shape index (κ1) is 56.2. The van der Waals surface area contributed by atoms with Gasteiger partial charge in [0.05, 0.1) is 42.7 Å². The van der Waals surface area contributed by atoms with Crippen molar-refractivity contribution in [1.82, 2.24) is 25.3 Å². The highest BCUT2D eigenvalue weighted by Crippen LogP contribution is 2.30. The Balaban J connectivity index is 1.49. The SMILES string of the molecule is CC[C@H](C)[C@@H]([C@@H](CC(=O)N1CCC[C@H]1[C@H](OC)[C@@H](C)C(=O)N[C@@H](Cc1ccccc1)C(=O)OCc1cccc2ccccc12)OC)N(C)C(=O)[C@@H](NC(=O)[C@H](C(C)C)N(C)CCCC(=O)O)C(C)C. The molecule has 0 saturated carbocycles. The van der Waals surface area contributed by atoms with Crippen molar-refractivity contribution in [2.75, 3.05) is 41.4 Å². The molecule has 0 bridgehead atoms. The van der Waals surface area contributed by atoms with Gasteiger partial charge in [0.15, 0.2) is 0 Å². The van der Waals surface area contributed by atoms with Crippen LogP contribution in [0.3, 0.4) is 0 Å². The third-order valence-corrected chi connectivity index (χ3v) is 13.9. The molecule has 0 aliphatic carbocycles. The van der Waals surface area contributed by atoms with Crippen molar-refractivity contribution < 1.29 is 48.1 Å². The standard InChI is InChI=1S/C54H79N5O10/c1-12-36(6)49(58(9)53(65)47(34(2)3)56-52(64)48(35(4)5)57(8)29-20-28-46(61)62)44(67-10)32-45(60)59-30-19-27-43(59)50(68-11)37(7)51(63)55-42(31-38-21-14-13-15-22-38)54(66)69-33-40-25-18-24-39-23-16-17-26-41(39)40/h13-18,21-26,34-37,42-44,47-50H,12,19-20,27-33H2,1-11H3,(H,55,63)(H,56,64)(H,61,62)/t36-,37+,42-,43-,44+,47-,48-,49-,50+/m0/s1. The number of esters is 1. The van der Waals surface area contributed by atoms with Crippen molar-refractivity contribution in [1.29, 1.82) is 0 Å². The molecule has 1 aliphatic heterocycles. The molecular weight excluding hydrogens is 879 g/mol. The molecule has 380 valence electrons. The number of ether oxygens (including phenoxy) is 3. The number of benzene rings is 3. The second kappa shape index (κ2) is 27.1. The van der Waals surface area contributed by atoms with Crippen LogP contribution in [-0.2, 0) is 56.0 Å². The fourth-order valence-corrected chi connectivity index (χ4v) is 9.92. The number of hydrogen-bond acceptors (Lipinski definition) is 10. The molecule has 9 atom stereocenters. The van der Waals surface area contributed by atoms with Crippen LogP contribution < -0.4 is 10.6 Å². The van der Waals surface area contributed by atoms with Crippen molar-refractivity contribution in [3.8, 4) is 0 Å². The number of amides is 4. The molecule has 1 heterocycles. The van der Waals surface area contributed by atoms with E-state index >= 15 is 0 Å². The van der Waals surface area contributed by atoms with Gasteiger partial charge < -0.3 is 39.8 Å². The summed E-state index contributed by atoms with van der Waals surface area (Å²) in [5.74, 6) is -3.97. The predicted octanol–water partition coefficient (Wildman–Crippen LogP) is 6.49. The van der Waals surface area contributed by atoms with Crippen molar-refractivity contribution in [3.05, 3.63) is 83.9 Å². The number of aliphatic carboxylic acids is 1. The van der Waals surface area contributed by atoms with E-state index in [2.05, 4.69) is 10.6 Å². The molecule has 0 radical (unpaired) electrons. The van der Waals surface area contributed by atoms with Crippen molar-refractivity contribution >= 4 is 46.3 Å². The number of methoxy groups -OCH3 is 2. The van der Waals surface area contributed by atoms with Gasteiger partial charge in [-0.15, -0.1) is 0 Å². The summed E-state index contributed by atoms with van der Waals surface area (Å²) in [5, 5.41) is 17.2. The van der Waals surface area contributed by atoms with Crippen LogP contribution in [0, 0.1) is 23.7 Å². The minimum Gasteiger partial charge on any atom is -0.481 e. The second-order valence-electron chi connectivity index (χ2n) is 19.5. The lowest BCUT2D eigenvalue weighted by molar-refractivity contribution is -0.151. The molecule has 15 heteroatoms. The van der Waals surface area contributed by atoms with Crippen molar-refractivity contribution in [3.63, 3.8) is 0 Å². The van der Waals surface area contributed by atoms with E-state index in [1.807, 2.05) is 119 Å². The Morgan fingerprint density at radius 1 is 0.826 bits per heavy atom. The molecule has 0 spiro atoms. The first-order valence-corrected chi connectivity index (χ1v) is 24.7. The Morgan fingerprint density at radius 2 is 1.49 bits per heavy atom. The zero-order chi connectivity index (χ0) is 50.9. The first-order valence-electron chi connectivity index (χ1n) is 24.7. The van der Waals surface area contributed by atoms with E-state index in [4.69, 9.17) is 19.3 Å². The van der Waals surface area contributed by atoms with Gasteiger partial charge in [-0.3, -0.25) is 28.9 Å². The summed E-state index contributed by atoms with van der Waals surface area (Å²) in [6.45, 7) is 14.2. The van der Waals surface area contributed by atoms with Crippen molar-refractivity contribution in [2.45, 2.75) is 142 Å². The number of rotatable bonds is 27. The number of carboxylic acids is 1. The van der Waals surface area contributed by atoms with Gasteiger partial charge in [0, 0.05) is 40.7 Å².